The predicted molar refractivity (Wildman–Crippen MR) is 102 cm³/mol. The monoisotopic (exact) mass is 337 g/mol. The van der Waals surface area contributed by atoms with Gasteiger partial charge in [0.25, 0.3) is 0 Å². The van der Waals surface area contributed by atoms with Gasteiger partial charge in [-0.05, 0) is 40.5 Å². The Hall–Kier alpha value is -1.57. The Kier molecular flexibility index (Phi) is 4.02. The van der Waals surface area contributed by atoms with Gasteiger partial charge in [0.15, 0.2) is 0 Å². The SMILES string of the molecule is C=Cc1ccc2c(c1Cl)CC[C@@]1(C)CN(Cc3ccccc3)C[C@@H]21. The summed E-state index contributed by atoms with van der Waals surface area (Å²) in [5.74, 6) is 0.585. The van der Waals surface area contributed by atoms with Crippen molar-refractivity contribution in [2.24, 2.45) is 5.41 Å². The smallest absolute Gasteiger partial charge is 0.0513 e. The molecule has 0 unspecified atom stereocenters. The van der Waals surface area contributed by atoms with Gasteiger partial charge < -0.3 is 0 Å². The van der Waals surface area contributed by atoms with Crippen LogP contribution in [0.25, 0.3) is 6.08 Å². The second kappa shape index (κ2) is 6.06. The van der Waals surface area contributed by atoms with E-state index >= 15 is 0 Å². The molecule has 1 fully saturated rings. The van der Waals surface area contributed by atoms with Crippen LogP contribution in [0.15, 0.2) is 49.0 Å². The zero-order valence-corrected chi connectivity index (χ0v) is 15.0. The minimum absolute atomic E-state index is 0.362. The van der Waals surface area contributed by atoms with Gasteiger partial charge in [-0.25, -0.2) is 0 Å². The Morgan fingerprint density at radius 2 is 2.04 bits per heavy atom. The molecule has 2 heteroatoms. The Labute approximate surface area is 149 Å². The first-order valence-electron chi connectivity index (χ1n) is 8.81. The van der Waals surface area contributed by atoms with Crippen LogP contribution in [0.5, 0.6) is 0 Å². The van der Waals surface area contributed by atoms with Gasteiger partial charge in [-0.2, -0.15) is 0 Å². The fourth-order valence-electron chi connectivity index (χ4n) is 4.66. The molecule has 0 N–H and O–H groups in total. The Morgan fingerprint density at radius 1 is 1.25 bits per heavy atom. The van der Waals surface area contributed by atoms with Crippen molar-refractivity contribution in [1.29, 1.82) is 0 Å². The molecule has 0 amide bonds. The third-order valence-corrected chi connectivity index (χ3v) is 6.41. The lowest BCUT2D eigenvalue weighted by Crippen LogP contribution is -2.30. The first-order valence-corrected chi connectivity index (χ1v) is 9.18. The largest absolute Gasteiger partial charge is 0.298 e. The average molecular weight is 338 g/mol. The molecule has 4 rings (SSSR count). The topological polar surface area (TPSA) is 3.24 Å². The van der Waals surface area contributed by atoms with Crippen LogP contribution in [0, 0.1) is 5.41 Å². The molecule has 1 saturated heterocycles. The van der Waals surface area contributed by atoms with E-state index in [0.29, 0.717) is 11.3 Å². The molecule has 1 aliphatic carbocycles. The van der Waals surface area contributed by atoms with Crippen molar-refractivity contribution >= 4 is 17.7 Å². The first kappa shape index (κ1) is 15.9. The van der Waals surface area contributed by atoms with Crippen molar-refractivity contribution < 1.29 is 0 Å². The van der Waals surface area contributed by atoms with E-state index in [9.17, 15) is 0 Å². The molecular formula is C22H24ClN. The number of hydrogen-bond donors (Lipinski definition) is 0. The molecule has 0 spiro atoms. The normalized spacial score (nSPS) is 26.0. The summed E-state index contributed by atoms with van der Waals surface area (Å²) in [5.41, 5.74) is 5.66. The van der Waals surface area contributed by atoms with E-state index in [1.165, 1.54) is 29.7 Å². The molecule has 0 radical (unpaired) electrons. The van der Waals surface area contributed by atoms with E-state index in [4.69, 9.17) is 11.6 Å². The number of rotatable bonds is 3. The maximum Gasteiger partial charge on any atom is 0.0513 e. The van der Waals surface area contributed by atoms with Crippen LogP contribution < -0.4 is 0 Å². The number of hydrogen-bond acceptors (Lipinski definition) is 1. The summed E-state index contributed by atoms with van der Waals surface area (Å²) >= 11 is 6.64. The molecule has 24 heavy (non-hydrogen) atoms. The highest BCUT2D eigenvalue weighted by Crippen LogP contribution is 2.52. The summed E-state index contributed by atoms with van der Waals surface area (Å²) in [5, 5.41) is 0.922. The van der Waals surface area contributed by atoms with Gasteiger partial charge in [-0.3, -0.25) is 4.90 Å². The van der Waals surface area contributed by atoms with E-state index in [0.717, 1.165) is 30.1 Å². The van der Waals surface area contributed by atoms with Gasteiger partial charge in [-0.1, -0.05) is 73.6 Å². The van der Waals surface area contributed by atoms with Gasteiger partial charge in [0.05, 0.1) is 5.02 Å². The minimum atomic E-state index is 0.362. The second-order valence-corrected chi connectivity index (χ2v) is 7.98. The molecular weight excluding hydrogens is 314 g/mol. The first-order chi connectivity index (χ1) is 11.6. The van der Waals surface area contributed by atoms with Crippen molar-refractivity contribution in [1.82, 2.24) is 4.90 Å². The lowest BCUT2D eigenvalue weighted by molar-refractivity contribution is 0.240. The van der Waals surface area contributed by atoms with Crippen molar-refractivity contribution in [2.75, 3.05) is 13.1 Å². The van der Waals surface area contributed by atoms with E-state index < -0.39 is 0 Å². The quantitative estimate of drug-likeness (QED) is 0.711. The standard InChI is InChI=1S/C22H24ClN/c1-3-17-9-10-18-19(21(17)23)11-12-22(2)15-24(14-20(18)22)13-16-7-5-4-6-8-16/h3-10,20H,1,11-15H2,2H3/t20-,22-/m0/s1. The fourth-order valence-corrected chi connectivity index (χ4v) is 5.00. The molecule has 2 atom stereocenters. The van der Waals surface area contributed by atoms with Crippen molar-refractivity contribution in [3.05, 3.63) is 76.3 Å². The van der Waals surface area contributed by atoms with E-state index in [1.54, 1.807) is 0 Å². The molecule has 1 aliphatic heterocycles. The zero-order valence-electron chi connectivity index (χ0n) is 14.3. The van der Waals surface area contributed by atoms with Gasteiger partial charge in [-0.15, -0.1) is 0 Å². The van der Waals surface area contributed by atoms with Crippen LogP contribution in [-0.4, -0.2) is 18.0 Å². The molecule has 124 valence electrons. The van der Waals surface area contributed by atoms with Crippen LogP contribution in [0.2, 0.25) is 5.02 Å². The molecule has 0 bridgehead atoms. The zero-order chi connectivity index (χ0) is 16.7. The fraction of sp³-hybridized carbons (Fsp3) is 0.364. The van der Waals surface area contributed by atoms with Crippen LogP contribution in [0.3, 0.4) is 0 Å². The Balaban J connectivity index is 1.63. The molecule has 1 heterocycles. The maximum atomic E-state index is 6.64. The summed E-state index contributed by atoms with van der Waals surface area (Å²) in [7, 11) is 0. The van der Waals surface area contributed by atoms with E-state index in [2.05, 4.69) is 60.9 Å². The van der Waals surface area contributed by atoms with Crippen LogP contribution >= 0.6 is 11.6 Å². The molecule has 2 aromatic rings. The summed E-state index contributed by atoms with van der Waals surface area (Å²) < 4.78 is 0. The van der Waals surface area contributed by atoms with Gasteiger partial charge in [0.1, 0.15) is 0 Å². The minimum Gasteiger partial charge on any atom is -0.298 e. The highest BCUT2D eigenvalue weighted by molar-refractivity contribution is 6.33. The number of likely N-dealkylation sites (tertiary alicyclic amines) is 1. The Morgan fingerprint density at radius 3 is 2.79 bits per heavy atom. The van der Waals surface area contributed by atoms with E-state index in [1.807, 2.05) is 6.08 Å². The lowest BCUT2D eigenvalue weighted by atomic mass is 9.67. The highest BCUT2D eigenvalue weighted by Gasteiger charge is 2.46. The van der Waals surface area contributed by atoms with Crippen LogP contribution in [0.4, 0.5) is 0 Å². The maximum absolute atomic E-state index is 6.64. The van der Waals surface area contributed by atoms with E-state index in [-0.39, 0.29) is 0 Å². The van der Waals surface area contributed by atoms with Gasteiger partial charge in [0, 0.05) is 25.6 Å². The molecule has 2 aromatic carbocycles. The number of halogens is 1. The van der Waals surface area contributed by atoms with Crippen molar-refractivity contribution in [3.63, 3.8) is 0 Å². The number of fused-ring (bicyclic) bond motifs is 3. The average Bonchev–Trinajstić information content (AvgIpc) is 2.92. The third-order valence-electron chi connectivity index (χ3n) is 5.97. The highest BCUT2D eigenvalue weighted by atomic mass is 35.5. The van der Waals surface area contributed by atoms with Crippen LogP contribution in [-0.2, 0) is 13.0 Å². The molecule has 1 nitrogen and oxygen atoms in total. The lowest BCUT2D eigenvalue weighted by Gasteiger charge is -2.37. The Bertz CT molecular complexity index is 767. The second-order valence-electron chi connectivity index (χ2n) is 7.60. The van der Waals surface area contributed by atoms with Crippen molar-refractivity contribution in [3.8, 4) is 0 Å². The van der Waals surface area contributed by atoms with Gasteiger partial charge in [0.2, 0.25) is 0 Å². The summed E-state index contributed by atoms with van der Waals surface area (Å²) in [4.78, 5) is 2.62. The summed E-state index contributed by atoms with van der Waals surface area (Å²) in [6.45, 7) is 9.69. The predicted octanol–water partition coefficient (Wildman–Crippen LogP) is 5.53. The molecule has 0 saturated carbocycles. The van der Waals surface area contributed by atoms with Gasteiger partial charge >= 0.3 is 0 Å². The third kappa shape index (κ3) is 2.60. The number of nitrogens with zero attached hydrogens (tertiary/aromatic N) is 1. The molecule has 2 aliphatic rings. The summed E-state index contributed by atoms with van der Waals surface area (Å²) in [6, 6.07) is 15.2. The molecule has 0 aromatic heterocycles. The summed E-state index contributed by atoms with van der Waals surface area (Å²) in [6.07, 6.45) is 4.17. The number of benzene rings is 2. The van der Waals surface area contributed by atoms with Crippen LogP contribution in [0.1, 0.15) is 41.5 Å². The van der Waals surface area contributed by atoms with Crippen molar-refractivity contribution in [2.45, 2.75) is 32.2 Å².